The molecule has 1 amide bonds. The maximum atomic E-state index is 13.0. The first-order valence-corrected chi connectivity index (χ1v) is 10.7. The van der Waals surface area contributed by atoms with Gasteiger partial charge in [-0.05, 0) is 47.7 Å². The molecule has 2 aromatic rings. The van der Waals surface area contributed by atoms with E-state index >= 15 is 0 Å². The van der Waals surface area contributed by atoms with Crippen molar-refractivity contribution < 1.29 is 9.53 Å². The van der Waals surface area contributed by atoms with E-state index in [0.717, 1.165) is 29.5 Å². The van der Waals surface area contributed by atoms with Crippen molar-refractivity contribution in [2.75, 3.05) is 31.1 Å². The van der Waals surface area contributed by atoms with Crippen molar-refractivity contribution in [3.05, 3.63) is 59.1 Å². The number of ether oxygens (including phenoxy) is 1. The highest BCUT2D eigenvalue weighted by atomic mass is 35.5. The van der Waals surface area contributed by atoms with Gasteiger partial charge in [-0.15, -0.1) is 0 Å². The number of rotatable bonds is 5. The van der Waals surface area contributed by atoms with Crippen LogP contribution in [0, 0.1) is 0 Å². The van der Waals surface area contributed by atoms with E-state index in [4.69, 9.17) is 16.3 Å². The molecule has 1 heterocycles. The number of hydrogen-bond acceptors (Lipinski definition) is 3. The van der Waals surface area contributed by atoms with Crippen molar-refractivity contribution in [3.8, 4) is 5.75 Å². The molecule has 2 aromatic carbocycles. The molecular formula is C24H31ClN2O2. The Labute approximate surface area is 179 Å². The molecule has 0 unspecified atom stereocenters. The fourth-order valence-electron chi connectivity index (χ4n) is 3.57. The van der Waals surface area contributed by atoms with Gasteiger partial charge in [0.15, 0.2) is 6.10 Å². The normalized spacial score (nSPS) is 15.9. The van der Waals surface area contributed by atoms with E-state index in [2.05, 4.69) is 43.9 Å². The summed E-state index contributed by atoms with van der Waals surface area (Å²) in [6, 6.07) is 16.0. The lowest BCUT2D eigenvalue weighted by Gasteiger charge is -2.37. The summed E-state index contributed by atoms with van der Waals surface area (Å²) in [7, 11) is 0. The predicted molar refractivity (Wildman–Crippen MR) is 120 cm³/mol. The summed E-state index contributed by atoms with van der Waals surface area (Å²) in [6.45, 7) is 11.5. The van der Waals surface area contributed by atoms with E-state index in [9.17, 15) is 4.79 Å². The summed E-state index contributed by atoms with van der Waals surface area (Å²) >= 11 is 6.11. The molecule has 5 heteroatoms. The van der Waals surface area contributed by atoms with E-state index in [1.54, 1.807) is 0 Å². The van der Waals surface area contributed by atoms with Crippen molar-refractivity contribution in [2.24, 2.45) is 0 Å². The molecule has 29 heavy (non-hydrogen) atoms. The van der Waals surface area contributed by atoms with Gasteiger partial charge in [-0.3, -0.25) is 4.79 Å². The number of carbonyl (C=O) groups is 1. The average Bonchev–Trinajstić information content (AvgIpc) is 2.71. The first kappa shape index (κ1) is 21.5. The van der Waals surface area contributed by atoms with Gasteiger partial charge in [-0.25, -0.2) is 0 Å². The quantitative estimate of drug-likeness (QED) is 0.678. The van der Waals surface area contributed by atoms with E-state index in [-0.39, 0.29) is 11.3 Å². The zero-order chi connectivity index (χ0) is 21.0. The zero-order valence-corrected chi connectivity index (χ0v) is 18.6. The molecule has 1 atom stereocenters. The van der Waals surface area contributed by atoms with Crippen molar-refractivity contribution in [1.29, 1.82) is 0 Å². The van der Waals surface area contributed by atoms with Gasteiger partial charge in [0.1, 0.15) is 5.75 Å². The summed E-state index contributed by atoms with van der Waals surface area (Å²) in [4.78, 5) is 17.2. The molecule has 0 aliphatic carbocycles. The van der Waals surface area contributed by atoms with Crippen LogP contribution in [0.25, 0.3) is 0 Å². The smallest absolute Gasteiger partial charge is 0.263 e. The third-order valence-corrected chi connectivity index (χ3v) is 5.64. The summed E-state index contributed by atoms with van der Waals surface area (Å²) in [6.07, 6.45) is 0.196. The lowest BCUT2D eigenvalue weighted by atomic mass is 9.87. The molecule has 0 saturated carbocycles. The zero-order valence-electron chi connectivity index (χ0n) is 17.8. The van der Waals surface area contributed by atoms with Crippen LogP contribution < -0.4 is 9.64 Å². The van der Waals surface area contributed by atoms with Gasteiger partial charge < -0.3 is 14.5 Å². The van der Waals surface area contributed by atoms with E-state index in [1.807, 2.05) is 42.2 Å². The van der Waals surface area contributed by atoms with Gasteiger partial charge in [-0.2, -0.15) is 0 Å². The van der Waals surface area contributed by atoms with Gasteiger partial charge in [0.25, 0.3) is 5.91 Å². The van der Waals surface area contributed by atoms with Crippen LogP contribution in [0.4, 0.5) is 5.69 Å². The van der Waals surface area contributed by atoms with Gasteiger partial charge in [0.05, 0.1) is 0 Å². The standard InChI is InChI=1S/C24H31ClN2O2/c1-5-22(29-21-11-9-18(10-12-21)24(2,3)4)23(28)27-15-13-26(14-16-27)20-8-6-7-19(25)17-20/h6-12,17,22H,5,13-16H2,1-4H3/t22-/m1/s1. The minimum Gasteiger partial charge on any atom is -0.481 e. The first-order chi connectivity index (χ1) is 13.8. The lowest BCUT2D eigenvalue weighted by molar-refractivity contribution is -0.139. The van der Waals surface area contributed by atoms with Gasteiger partial charge >= 0.3 is 0 Å². The van der Waals surface area contributed by atoms with Gasteiger partial charge in [0.2, 0.25) is 0 Å². The monoisotopic (exact) mass is 414 g/mol. The number of hydrogen-bond donors (Lipinski definition) is 0. The second-order valence-corrected chi connectivity index (χ2v) is 9.02. The largest absolute Gasteiger partial charge is 0.481 e. The molecule has 1 aliphatic heterocycles. The van der Waals surface area contributed by atoms with Gasteiger partial charge in [-0.1, -0.05) is 57.5 Å². The van der Waals surface area contributed by atoms with Crippen LogP contribution >= 0.6 is 11.6 Å². The van der Waals surface area contributed by atoms with Crippen LogP contribution in [0.2, 0.25) is 5.02 Å². The number of anilines is 1. The topological polar surface area (TPSA) is 32.8 Å². The fraction of sp³-hybridized carbons (Fsp3) is 0.458. The lowest BCUT2D eigenvalue weighted by Crippen LogP contribution is -2.52. The Kier molecular flexibility index (Phi) is 6.74. The molecule has 4 nitrogen and oxygen atoms in total. The number of halogens is 1. The summed E-state index contributed by atoms with van der Waals surface area (Å²) < 4.78 is 6.05. The molecule has 3 rings (SSSR count). The van der Waals surface area contributed by atoms with Crippen LogP contribution in [0.1, 0.15) is 39.7 Å². The maximum absolute atomic E-state index is 13.0. The highest BCUT2D eigenvalue weighted by Gasteiger charge is 2.28. The Morgan fingerprint density at radius 2 is 1.72 bits per heavy atom. The summed E-state index contributed by atoms with van der Waals surface area (Å²) in [5, 5.41) is 0.734. The molecular weight excluding hydrogens is 384 g/mol. The van der Waals surface area contributed by atoms with Crippen molar-refractivity contribution in [3.63, 3.8) is 0 Å². The molecule has 1 saturated heterocycles. The Morgan fingerprint density at radius 3 is 2.28 bits per heavy atom. The molecule has 1 fully saturated rings. The van der Waals surface area contributed by atoms with Gasteiger partial charge in [0, 0.05) is 36.9 Å². The number of piperazine rings is 1. The van der Waals surface area contributed by atoms with Crippen molar-refractivity contribution >= 4 is 23.2 Å². The Balaban J connectivity index is 1.59. The summed E-state index contributed by atoms with van der Waals surface area (Å²) in [5.74, 6) is 0.814. The number of amides is 1. The molecule has 0 spiro atoms. The van der Waals surface area contributed by atoms with E-state index in [0.29, 0.717) is 19.5 Å². The second-order valence-electron chi connectivity index (χ2n) is 8.58. The fourth-order valence-corrected chi connectivity index (χ4v) is 3.75. The van der Waals surface area contributed by atoms with Crippen LogP contribution in [0.3, 0.4) is 0 Å². The summed E-state index contributed by atoms with van der Waals surface area (Å²) in [5.41, 5.74) is 2.45. The molecule has 0 bridgehead atoms. The second kappa shape index (κ2) is 9.08. The molecule has 0 radical (unpaired) electrons. The number of carbonyl (C=O) groups excluding carboxylic acids is 1. The van der Waals surface area contributed by atoms with E-state index in [1.165, 1.54) is 5.56 Å². The van der Waals surface area contributed by atoms with Crippen LogP contribution in [0.15, 0.2) is 48.5 Å². The molecule has 156 valence electrons. The third-order valence-electron chi connectivity index (χ3n) is 5.41. The number of benzene rings is 2. The minimum atomic E-state index is -0.451. The highest BCUT2D eigenvalue weighted by Crippen LogP contribution is 2.25. The number of nitrogens with zero attached hydrogens (tertiary/aromatic N) is 2. The maximum Gasteiger partial charge on any atom is 0.263 e. The first-order valence-electron chi connectivity index (χ1n) is 10.3. The van der Waals surface area contributed by atoms with Crippen molar-refractivity contribution in [1.82, 2.24) is 4.90 Å². The predicted octanol–water partition coefficient (Wildman–Crippen LogP) is 5.14. The highest BCUT2D eigenvalue weighted by molar-refractivity contribution is 6.30. The van der Waals surface area contributed by atoms with Crippen molar-refractivity contribution in [2.45, 2.75) is 45.6 Å². The van der Waals surface area contributed by atoms with Crippen LogP contribution in [-0.4, -0.2) is 43.1 Å². The minimum absolute atomic E-state index is 0.0677. The Morgan fingerprint density at radius 1 is 1.07 bits per heavy atom. The van der Waals surface area contributed by atoms with Crippen LogP contribution in [-0.2, 0) is 10.2 Å². The molecule has 1 aliphatic rings. The third kappa shape index (κ3) is 5.45. The average molecular weight is 415 g/mol. The Bertz CT molecular complexity index is 822. The van der Waals surface area contributed by atoms with Crippen LogP contribution in [0.5, 0.6) is 5.75 Å². The van der Waals surface area contributed by atoms with E-state index < -0.39 is 6.10 Å². The molecule has 0 N–H and O–H groups in total. The molecule has 0 aromatic heterocycles. The Hall–Kier alpha value is -2.20. The SMILES string of the molecule is CC[C@@H](Oc1ccc(C(C)(C)C)cc1)C(=O)N1CCN(c2cccc(Cl)c2)CC1.